The number of esters is 1. The summed E-state index contributed by atoms with van der Waals surface area (Å²) in [6, 6.07) is 10.3. The van der Waals surface area contributed by atoms with Gasteiger partial charge in [0.1, 0.15) is 6.10 Å². The Labute approximate surface area is 107 Å². The molecule has 0 heterocycles. The zero-order valence-electron chi connectivity index (χ0n) is 10.1. The Morgan fingerprint density at radius 2 is 1.94 bits per heavy atom. The molecule has 0 bridgehead atoms. The van der Waals surface area contributed by atoms with Gasteiger partial charge in [-0.25, -0.2) is 0 Å². The molecule has 0 saturated heterocycles. The zero-order valence-corrected chi connectivity index (χ0v) is 10.9. The molecule has 2 nitrogen and oxygen atoms in total. The van der Waals surface area contributed by atoms with Crippen molar-refractivity contribution in [3.05, 3.63) is 30.3 Å². The van der Waals surface area contributed by atoms with Gasteiger partial charge < -0.3 is 4.74 Å². The summed E-state index contributed by atoms with van der Waals surface area (Å²) in [5.41, 5.74) is 0. The molecule has 2 rings (SSSR count). The summed E-state index contributed by atoms with van der Waals surface area (Å²) in [6.07, 6.45) is 4.64. The van der Waals surface area contributed by atoms with Crippen molar-refractivity contribution < 1.29 is 9.53 Å². The van der Waals surface area contributed by atoms with Gasteiger partial charge in [-0.3, -0.25) is 4.79 Å². The van der Waals surface area contributed by atoms with E-state index in [0.717, 1.165) is 12.8 Å². The van der Waals surface area contributed by atoms with Gasteiger partial charge in [0.15, 0.2) is 0 Å². The van der Waals surface area contributed by atoms with Crippen LogP contribution in [-0.4, -0.2) is 17.3 Å². The van der Waals surface area contributed by atoms with Crippen LogP contribution in [0.15, 0.2) is 35.2 Å². The first-order valence-corrected chi connectivity index (χ1v) is 7.02. The van der Waals surface area contributed by atoms with Crippen molar-refractivity contribution in [3.63, 3.8) is 0 Å². The van der Waals surface area contributed by atoms with Gasteiger partial charge in [0.2, 0.25) is 0 Å². The molecule has 1 aromatic rings. The number of hydrogen-bond acceptors (Lipinski definition) is 3. The minimum Gasteiger partial charge on any atom is -0.461 e. The lowest BCUT2D eigenvalue weighted by molar-refractivity contribution is -0.147. The highest BCUT2D eigenvalue weighted by Gasteiger charge is 2.28. The molecule has 0 spiro atoms. The summed E-state index contributed by atoms with van der Waals surface area (Å²) < 4.78 is 5.42. The Morgan fingerprint density at radius 3 is 2.65 bits per heavy atom. The van der Waals surface area contributed by atoms with Crippen LogP contribution in [0.1, 0.15) is 32.6 Å². The maximum absolute atomic E-state index is 11.1. The molecule has 92 valence electrons. The van der Waals surface area contributed by atoms with E-state index < -0.39 is 0 Å². The van der Waals surface area contributed by atoms with Crippen molar-refractivity contribution in [2.75, 3.05) is 0 Å². The van der Waals surface area contributed by atoms with Crippen molar-refractivity contribution in [1.82, 2.24) is 0 Å². The smallest absolute Gasteiger partial charge is 0.302 e. The highest BCUT2D eigenvalue weighted by atomic mass is 32.2. The predicted octanol–water partition coefficient (Wildman–Crippen LogP) is 3.65. The molecule has 1 aliphatic rings. The summed E-state index contributed by atoms with van der Waals surface area (Å²) >= 11 is 1.84. The highest BCUT2D eigenvalue weighted by Crippen LogP contribution is 2.35. The third kappa shape index (κ3) is 3.77. The van der Waals surface area contributed by atoms with Crippen molar-refractivity contribution in [3.8, 4) is 0 Å². The van der Waals surface area contributed by atoms with Crippen LogP contribution in [-0.2, 0) is 9.53 Å². The van der Waals surface area contributed by atoms with Crippen LogP contribution in [0.25, 0.3) is 0 Å². The van der Waals surface area contributed by atoms with E-state index in [2.05, 4.69) is 12.1 Å². The fraction of sp³-hybridized carbons (Fsp3) is 0.500. The van der Waals surface area contributed by atoms with Crippen LogP contribution in [0.4, 0.5) is 0 Å². The summed E-state index contributed by atoms with van der Waals surface area (Å²) in [7, 11) is 0. The number of thioether (sulfide) groups is 1. The molecule has 0 aliphatic heterocycles. The summed E-state index contributed by atoms with van der Waals surface area (Å²) in [6.45, 7) is 1.50. The van der Waals surface area contributed by atoms with E-state index in [1.165, 1.54) is 24.7 Å². The Balaban J connectivity index is 1.99. The highest BCUT2D eigenvalue weighted by molar-refractivity contribution is 8.00. The molecule has 0 amide bonds. The number of hydrogen-bond donors (Lipinski definition) is 0. The van der Waals surface area contributed by atoms with E-state index in [-0.39, 0.29) is 12.1 Å². The first-order valence-electron chi connectivity index (χ1n) is 6.14. The molecule has 2 atom stereocenters. The van der Waals surface area contributed by atoms with Crippen LogP contribution < -0.4 is 0 Å². The van der Waals surface area contributed by atoms with E-state index in [0.29, 0.717) is 5.25 Å². The van der Waals surface area contributed by atoms with E-state index in [1.54, 1.807) is 0 Å². The second-order valence-electron chi connectivity index (χ2n) is 4.40. The van der Waals surface area contributed by atoms with Crippen LogP contribution in [0, 0.1) is 0 Å². The average molecular weight is 250 g/mol. The quantitative estimate of drug-likeness (QED) is 0.766. The maximum Gasteiger partial charge on any atom is 0.302 e. The van der Waals surface area contributed by atoms with Crippen LogP contribution in [0.2, 0.25) is 0 Å². The standard InChI is InChI=1S/C14H18O2S/c1-11(15)16-13-9-5-6-10-14(13)17-12-7-3-2-4-8-12/h2-4,7-8,13-14H,5-6,9-10H2,1H3. The van der Waals surface area contributed by atoms with Crippen molar-refractivity contribution in [2.24, 2.45) is 0 Å². The SMILES string of the molecule is CC(=O)OC1CCCCC1Sc1ccccc1. The molecular formula is C14H18O2S. The number of benzene rings is 1. The summed E-state index contributed by atoms with van der Waals surface area (Å²) in [4.78, 5) is 12.3. The van der Waals surface area contributed by atoms with E-state index in [9.17, 15) is 4.79 Å². The van der Waals surface area contributed by atoms with Gasteiger partial charge in [-0.1, -0.05) is 24.6 Å². The molecule has 1 aliphatic carbocycles. The lowest BCUT2D eigenvalue weighted by atomic mass is 9.97. The monoisotopic (exact) mass is 250 g/mol. The Hall–Kier alpha value is -0.960. The van der Waals surface area contributed by atoms with Crippen molar-refractivity contribution in [1.29, 1.82) is 0 Å². The van der Waals surface area contributed by atoms with E-state index in [4.69, 9.17) is 4.74 Å². The van der Waals surface area contributed by atoms with Gasteiger partial charge in [-0.2, -0.15) is 0 Å². The van der Waals surface area contributed by atoms with Crippen molar-refractivity contribution in [2.45, 2.75) is 48.9 Å². The van der Waals surface area contributed by atoms with Crippen molar-refractivity contribution >= 4 is 17.7 Å². The minimum absolute atomic E-state index is 0.0893. The van der Waals surface area contributed by atoms with Gasteiger partial charge in [-0.15, -0.1) is 11.8 Å². The Kier molecular flexibility index (Phi) is 4.49. The van der Waals surface area contributed by atoms with E-state index in [1.807, 2.05) is 30.0 Å². The fourth-order valence-electron chi connectivity index (χ4n) is 2.22. The van der Waals surface area contributed by atoms with Gasteiger partial charge in [0.05, 0.1) is 0 Å². The maximum atomic E-state index is 11.1. The molecule has 2 unspecified atom stereocenters. The normalized spacial score (nSPS) is 24.3. The molecule has 1 aromatic carbocycles. The number of ether oxygens (including phenoxy) is 1. The Morgan fingerprint density at radius 1 is 1.24 bits per heavy atom. The largest absolute Gasteiger partial charge is 0.461 e. The molecule has 1 fully saturated rings. The second kappa shape index (κ2) is 6.10. The van der Waals surface area contributed by atoms with Crippen LogP contribution in [0.3, 0.4) is 0 Å². The molecule has 17 heavy (non-hydrogen) atoms. The first kappa shape index (κ1) is 12.5. The summed E-state index contributed by atoms with van der Waals surface area (Å²) in [5.74, 6) is -0.157. The zero-order chi connectivity index (χ0) is 12.1. The Bertz CT molecular complexity index is 364. The first-order chi connectivity index (χ1) is 8.25. The molecule has 3 heteroatoms. The average Bonchev–Trinajstić information content (AvgIpc) is 2.32. The third-order valence-electron chi connectivity index (χ3n) is 2.99. The number of carbonyl (C=O) groups excluding carboxylic acids is 1. The molecule has 1 saturated carbocycles. The topological polar surface area (TPSA) is 26.3 Å². The fourth-order valence-corrected chi connectivity index (χ4v) is 3.51. The van der Waals surface area contributed by atoms with Gasteiger partial charge in [0, 0.05) is 17.1 Å². The lowest BCUT2D eigenvalue weighted by Gasteiger charge is -2.30. The number of rotatable bonds is 3. The van der Waals surface area contributed by atoms with Crippen LogP contribution >= 0.6 is 11.8 Å². The third-order valence-corrected chi connectivity index (χ3v) is 4.38. The van der Waals surface area contributed by atoms with Crippen LogP contribution in [0.5, 0.6) is 0 Å². The van der Waals surface area contributed by atoms with Gasteiger partial charge in [0.25, 0.3) is 0 Å². The van der Waals surface area contributed by atoms with Gasteiger partial charge in [-0.05, 0) is 31.4 Å². The second-order valence-corrected chi connectivity index (χ2v) is 5.71. The summed E-state index contributed by atoms with van der Waals surface area (Å²) in [5, 5.41) is 0.412. The number of carbonyl (C=O) groups is 1. The minimum atomic E-state index is -0.157. The van der Waals surface area contributed by atoms with Gasteiger partial charge >= 0.3 is 5.97 Å². The predicted molar refractivity (Wildman–Crippen MR) is 70.1 cm³/mol. The molecule has 0 radical (unpaired) electrons. The molecular weight excluding hydrogens is 232 g/mol. The molecule has 0 N–H and O–H groups in total. The van der Waals surface area contributed by atoms with E-state index >= 15 is 0 Å². The molecule has 0 aromatic heterocycles. The lowest BCUT2D eigenvalue weighted by Crippen LogP contribution is -2.31.